The van der Waals surface area contributed by atoms with Crippen molar-refractivity contribution in [2.24, 2.45) is 5.73 Å². The highest BCUT2D eigenvalue weighted by atomic mass is 32.2. The van der Waals surface area contributed by atoms with E-state index in [2.05, 4.69) is 4.74 Å². The van der Waals surface area contributed by atoms with Crippen LogP contribution in [0.2, 0.25) is 0 Å². The van der Waals surface area contributed by atoms with Crippen molar-refractivity contribution in [2.75, 3.05) is 13.1 Å². The van der Waals surface area contributed by atoms with Crippen LogP contribution in [0.4, 0.5) is 8.78 Å². The van der Waals surface area contributed by atoms with Gasteiger partial charge < -0.3 is 20.3 Å². The molecule has 0 bridgehead atoms. The summed E-state index contributed by atoms with van der Waals surface area (Å²) < 4.78 is 63.4. The van der Waals surface area contributed by atoms with Gasteiger partial charge in [0.2, 0.25) is 10.0 Å². The number of carbonyl (C=O) groups is 1. The summed E-state index contributed by atoms with van der Waals surface area (Å²) >= 11 is 0. The SMILES string of the molecule is N[C@@H](Cc1cccc(S(=O)(=O)N2CC(Oc3ccc(OC(F)F)cc3)(c3ccccc3)C2)c1)C(=O)O. The zero-order valence-electron chi connectivity index (χ0n) is 19.0. The number of carboxylic acids is 1. The van der Waals surface area contributed by atoms with E-state index in [1.165, 1.54) is 40.7 Å². The predicted octanol–water partition coefficient (Wildman–Crippen LogP) is 3.22. The summed E-state index contributed by atoms with van der Waals surface area (Å²) in [5.41, 5.74) is 5.84. The summed E-state index contributed by atoms with van der Waals surface area (Å²) in [6, 6.07) is 19.6. The maximum atomic E-state index is 13.3. The highest BCUT2D eigenvalue weighted by Gasteiger charge is 2.52. The fourth-order valence-corrected chi connectivity index (χ4v) is 5.59. The lowest BCUT2D eigenvalue weighted by atomic mass is 9.87. The third-order valence-electron chi connectivity index (χ3n) is 5.83. The Hall–Kier alpha value is -3.54. The monoisotopic (exact) mass is 518 g/mol. The number of carboxylic acid groups (broad SMARTS) is 1. The molecule has 3 N–H and O–H groups in total. The van der Waals surface area contributed by atoms with Crippen molar-refractivity contribution in [1.29, 1.82) is 0 Å². The van der Waals surface area contributed by atoms with Crippen LogP contribution in [-0.2, 0) is 26.8 Å². The molecule has 0 aromatic heterocycles. The first-order valence-corrected chi connectivity index (χ1v) is 12.4. The lowest BCUT2D eigenvalue weighted by Crippen LogP contribution is -2.64. The minimum absolute atomic E-state index is 0.00744. The minimum Gasteiger partial charge on any atom is -0.480 e. The molecular formula is C25H24F2N2O6S. The van der Waals surface area contributed by atoms with Gasteiger partial charge in [-0.15, -0.1) is 0 Å². The zero-order valence-corrected chi connectivity index (χ0v) is 19.8. The summed E-state index contributed by atoms with van der Waals surface area (Å²) in [6.07, 6.45) is -0.0129. The van der Waals surface area contributed by atoms with Gasteiger partial charge in [-0.05, 0) is 53.9 Å². The van der Waals surface area contributed by atoms with E-state index in [9.17, 15) is 22.0 Å². The van der Waals surface area contributed by atoms with Crippen molar-refractivity contribution < 1.29 is 36.6 Å². The van der Waals surface area contributed by atoms with Crippen LogP contribution in [0.1, 0.15) is 11.1 Å². The van der Waals surface area contributed by atoms with Crippen LogP contribution >= 0.6 is 0 Å². The topological polar surface area (TPSA) is 119 Å². The first kappa shape index (κ1) is 25.5. The highest BCUT2D eigenvalue weighted by molar-refractivity contribution is 7.89. The number of alkyl halides is 2. The third-order valence-corrected chi connectivity index (χ3v) is 7.62. The summed E-state index contributed by atoms with van der Waals surface area (Å²) in [5.74, 6) is -0.835. The number of aliphatic carboxylic acids is 1. The van der Waals surface area contributed by atoms with Crippen molar-refractivity contribution in [1.82, 2.24) is 4.31 Å². The van der Waals surface area contributed by atoms with Gasteiger partial charge in [0.25, 0.3) is 0 Å². The first-order valence-electron chi connectivity index (χ1n) is 11.0. The standard InChI is InChI=1S/C25H24F2N2O6S/c26-24(27)34-19-9-11-20(12-10-19)35-25(18-6-2-1-3-7-18)15-29(16-25)36(32,33)21-8-4-5-17(13-21)14-22(28)23(30)31/h1-13,22,24H,14-16,28H2,(H,30,31)/t22-/m0/s1. The van der Waals surface area contributed by atoms with Crippen molar-refractivity contribution >= 4 is 16.0 Å². The molecule has 4 rings (SSSR count). The Bertz CT molecular complexity index is 1310. The number of rotatable bonds is 10. The van der Waals surface area contributed by atoms with E-state index < -0.39 is 34.2 Å². The Morgan fingerprint density at radius 2 is 1.64 bits per heavy atom. The van der Waals surface area contributed by atoms with Gasteiger partial charge in [0.1, 0.15) is 17.5 Å². The summed E-state index contributed by atoms with van der Waals surface area (Å²) in [6.45, 7) is -2.93. The molecule has 1 saturated heterocycles. The second-order valence-electron chi connectivity index (χ2n) is 8.38. The summed E-state index contributed by atoms with van der Waals surface area (Å²) in [4.78, 5) is 11.1. The van der Waals surface area contributed by atoms with Crippen LogP contribution < -0.4 is 15.2 Å². The molecule has 190 valence electrons. The third kappa shape index (κ3) is 5.48. The molecule has 0 saturated carbocycles. The van der Waals surface area contributed by atoms with E-state index in [4.69, 9.17) is 15.6 Å². The molecule has 3 aromatic carbocycles. The van der Waals surface area contributed by atoms with Crippen LogP contribution in [0.5, 0.6) is 11.5 Å². The minimum atomic E-state index is -3.91. The maximum absolute atomic E-state index is 13.3. The van der Waals surface area contributed by atoms with E-state index in [0.717, 1.165) is 5.56 Å². The molecule has 1 aliphatic heterocycles. The molecule has 0 amide bonds. The molecule has 0 unspecified atom stereocenters. The van der Waals surface area contributed by atoms with Crippen molar-refractivity contribution in [2.45, 2.75) is 29.6 Å². The normalized spacial score (nSPS) is 16.2. The summed E-state index contributed by atoms with van der Waals surface area (Å²) in [7, 11) is -3.91. The van der Waals surface area contributed by atoms with Crippen molar-refractivity contribution in [3.05, 3.63) is 90.0 Å². The Labute approximate surface area is 206 Å². The molecule has 0 aliphatic carbocycles. The van der Waals surface area contributed by atoms with Crippen LogP contribution in [0.25, 0.3) is 0 Å². The number of sulfonamides is 1. The van der Waals surface area contributed by atoms with Gasteiger partial charge in [-0.1, -0.05) is 42.5 Å². The smallest absolute Gasteiger partial charge is 0.387 e. The zero-order chi connectivity index (χ0) is 25.9. The molecule has 8 nitrogen and oxygen atoms in total. The Balaban J connectivity index is 1.56. The molecular weight excluding hydrogens is 494 g/mol. The van der Waals surface area contributed by atoms with Gasteiger partial charge in [0.05, 0.1) is 18.0 Å². The van der Waals surface area contributed by atoms with E-state index in [1.54, 1.807) is 12.1 Å². The fourth-order valence-electron chi connectivity index (χ4n) is 3.98. The lowest BCUT2D eigenvalue weighted by molar-refractivity contribution is -0.138. The Morgan fingerprint density at radius 3 is 2.25 bits per heavy atom. The molecule has 1 aliphatic rings. The van der Waals surface area contributed by atoms with Crippen LogP contribution in [0, 0.1) is 0 Å². The van der Waals surface area contributed by atoms with Crippen LogP contribution in [0.3, 0.4) is 0 Å². The maximum Gasteiger partial charge on any atom is 0.387 e. The van der Waals surface area contributed by atoms with Crippen LogP contribution in [0.15, 0.2) is 83.8 Å². The number of nitrogens with zero attached hydrogens (tertiary/aromatic N) is 1. The van der Waals surface area contributed by atoms with Gasteiger partial charge in [-0.25, -0.2) is 8.42 Å². The Kier molecular flexibility index (Phi) is 7.25. The number of nitrogens with two attached hydrogens (primary N) is 1. The van der Waals surface area contributed by atoms with E-state index in [1.807, 2.05) is 30.3 Å². The fraction of sp³-hybridized carbons (Fsp3) is 0.240. The molecule has 11 heteroatoms. The lowest BCUT2D eigenvalue weighted by Gasteiger charge is -2.48. The van der Waals surface area contributed by atoms with Gasteiger partial charge in [-0.2, -0.15) is 13.1 Å². The number of benzene rings is 3. The van der Waals surface area contributed by atoms with E-state index in [0.29, 0.717) is 11.3 Å². The van der Waals surface area contributed by atoms with Gasteiger partial charge in [0.15, 0.2) is 5.60 Å². The molecule has 1 atom stereocenters. The second kappa shape index (κ2) is 10.2. The quantitative estimate of drug-likeness (QED) is 0.423. The van der Waals surface area contributed by atoms with E-state index >= 15 is 0 Å². The van der Waals surface area contributed by atoms with Crippen molar-refractivity contribution in [3.8, 4) is 11.5 Å². The highest BCUT2D eigenvalue weighted by Crippen LogP contribution is 2.40. The average Bonchev–Trinajstić information content (AvgIpc) is 2.82. The predicted molar refractivity (Wildman–Crippen MR) is 126 cm³/mol. The molecule has 1 fully saturated rings. The average molecular weight is 519 g/mol. The summed E-state index contributed by atoms with van der Waals surface area (Å²) in [5, 5.41) is 9.04. The van der Waals surface area contributed by atoms with Gasteiger partial charge >= 0.3 is 12.6 Å². The molecule has 36 heavy (non-hydrogen) atoms. The number of ether oxygens (including phenoxy) is 2. The number of hydrogen-bond donors (Lipinski definition) is 2. The Morgan fingerprint density at radius 1 is 1.00 bits per heavy atom. The van der Waals surface area contributed by atoms with Crippen LogP contribution in [-0.4, -0.2) is 49.5 Å². The van der Waals surface area contributed by atoms with Crippen molar-refractivity contribution in [3.63, 3.8) is 0 Å². The largest absolute Gasteiger partial charge is 0.480 e. The molecule has 3 aromatic rings. The molecule has 0 spiro atoms. The van der Waals surface area contributed by atoms with E-state index in [-0.39, 0.29) is 30.2 Å². The van der Waals surface area contributed by atoms with Gasteiger partial charge in [0, 0.05) is 0 Å². The second-order valence-corrected chi connectivity index (χ2v) is 10.3. The molecule has 0 radical (unpaired) electrons. The molecule has 1 heterocycles. The first-order chi connectivity index (χ1) is 17.1. The number of halogens is 2. The van der Waals surface area contributed by atoms with Gasteiger partial charge in [-0.3, -0.25) is 4.79 Å². The number of hydrogen-bond acceptors (Lipinski definition) is 6.